The maximum Gasteiger partial charge on any atom is 0.257 e. The minimum absolute atomic E-state index is 0.112. The van der Waals surface area contributed by atoms with E-state index < -0.39 is 0 Å². The third-order valence-electron chi connectivity index (χ3n) is 2.85. The van der Waals surface area contributed by atoms with Crippen molar-refractivity contribution >= 4 is 46.5 Å². The van der Waals surface area contributed by atoms with Gasteiger partial charge in [0.05, 0.1) is 5.57 Å². The molecule has 0 radical (unpaired) electrons. The highest BCUT2D eigenvalue weighted by molar-refractivity contribution is 7.99. The van der Waals surface area contributed by atoms with Crippen molar-refractivity contribution in [2.75, 3.05) is 11.1 Å². The van der Waals surface area contributed by atoms with Gasteiger partial charge in [-0.1, -0.05) is 18.7 Å². The molecule has 0 aromatic carbocycles. The highest BCUT2D eigenvalue weighted by Crippen LogP contribution is 2.33. The Balaban J connectivity index is 2.00. The number of thioether (sulfide) groups is 1. The molecule has 3 heterocycles. The number of carbonyl (C=O) groups excluding carboxylic acids is 1. The third-order valence-corrected chi connectivity index (χ3v) is 4.55. The highest BCUT2D eigenvalue weighted by Gasteiger charge is 2.26. The van der Waals surface area contributed by atoms with E-state index in [1.807, 2.05) is 32.1 Å². The second-order valence-corrected chi connectivity index (χ2v) is 6.86. The maximum absolute atomic E-state index is 12.1. The van der Waals surface area contributed by atoms with Gasteiger partial charge in [0.2, 0.25) is 0 Å². The lowest BCUT2D eigenvalue weighted by Crippen LogP contribution is -2.04. The summed E-state index contributed by atoms with van der Waals surface area (Å²) in [6.45, 7) is 4.09. The fourth-order valence-electron chi connectivity index (χ4n) is 1.97. The number of aromatic nitrogens is 2. The van der Waals surface area contributed by atoms with Crippen LogP contribution in [0.4, 0.5) is 5.82 Å². The Morgan fingerprint density at radius 3 is 3.00 bits per heavy atom. The Morgan fingerprint density at radius 2 is 2.30 bits per heavy atom. The van der Waals surface area contributed by atoms with Gasteiger partial charge in [-0.15, -0.1) is 11.3 Å². The van der Waals surface area contributed by atoms with Crippen molar-refractivity contribution < 1.29 is 4.79 Å². The largest absolute Gasteiger partial charge is 0.306 e. The maximum atomic E-state index is 12.1. The molecule has 1 aliphatic heterocycles. The number of amides is 1. The standard InChI is InChI=1S/C14H13N3OS2/c1-3-19-14-15-7-11-10(13(18)16-12(11)17-14)6-9-5-4-8(2)20-9/h4-7H,3H2,1-2H3,(H,15,16,17,18). The van der Waals surface area contributed by atoms with Crippen molar-refractivity contribution in [3.05, 3.63) is 33.6 Å². The van der Waals surface area contributed by atoms with E-state index in [9.17, 15) is 4.79 Å². The predicted octanol–water partition coefficient (Wildman–Crippen LogP) is 3.45. The van der Waals surface area contributed by atoms with E-state index in [0.717, 1.165) is 16.2 Å². The molecule has 0 fully saturated rings. The van der Waals surface area contributed by atoms with Gasteiger partial charge < -0.3 is 5.32 Å². The van der Waals surface area contributed by atoms with E-state index in [1.54, 1.807) is 29.3 Å². The number of fused-ring (bicyclic) bond motifs is 1. The van der Waals surface area contributed by atoms with Crippen LogP contribution in [0.2, 0.25) is 0 Å². The summed E-state index contributed by atoms with van der Waals surface area (Å²) in [5.74, 6) is 1.41. The van der Waals surface area contributed by atoms with E-state index >= 15 is 0 Å². The Morgan fingerprint density at radius 1 is 1.45 bits per heavy atom. The lowest BCUT2D eigenvalue weighted by atomic mass is 10.1. The topological polar surface area (TPSA) is 54.9 Å². The van der Waals surface area contributed by atoms with Gasteiger partial charge in [0, 0.05) is 21.5 Å². The molecule has 102 valence electrons. The number of hydrogen-bond donors (Lipinski definition) is 1. The molecule has 0 saturated carbocycles. The number of anilines is 1. The smallest absolute Gasteiger partial charge is 0.257 e. The lowest BCUT2D eigenvalue weighted by Gasteiger charge is -2.00. The number of aryl methyl sites for hydroxylation is 1. The molecule has 20 heavy (non-hydrogen) atoms. The number of rotatable bonds is 3. The summed E-state index contributed by atoms with van der Waals surface area (Å²) < 4.78 is 0. The number of nitrogens with one attached hydrogen (secondary N) is 1. The van der Waals surface area contributed by atoms with Crippen LogP contribution in [0.3, 0.4) is 0 Å². The summed E-state index contributed by atoms with van der Waals surface area (Å²) in [7, 11) is 0. The Hall–Kier alpha value is -1.66. The summed E-state index contributed by atoms with van der Waals surface area (Å²) in [4.78, 5) is 23.0. The molecule has 3 rings (SSSR count). The Kier molecular flexibility index (Phi) is 3.58. The van der Waals surface area contributed by atoms with Crippen molar-refractivity contribution in [3.63, 3.8) is 0 Å². The molecule has 0 aliphatic carbocycles. The van der Waals surface area contributed by atoms with Gasteiger partial charge in [-0.25, -0.2) is 9.97 Å². The number of thiophene rings is 1. The van der Waals surface area contributed by atoms with Crippen LogP contribution >= 0.6 is 23.1 Å². The van der Waals surface area contributed by atoms with Gasteiger partial charge in [0.1, 0.15) is 5.82 Å². The molecular weight excluding hydrogens is 290 g/mol. The van der Waals surface area contributed by atoms with E-state index in [1.165, 1.54) is 4.88 Å². The van der Waals surface area contributed by atoms with Crippen LogP contribution in [0.5, 0.6) is 0 Å². The first-order valence-corrected chi connectivity index (χ1v) is 8.07. The summed E-state index contributed by atoms with van der Waals surface area (Å²) in [6, 6.07) is 4.06. The fraction of sp³-hybridized carbons (Fsp3) is 0.214. The van der Waals surface area contributed by atoms with Gasteiger partial charge in [0.15, 0.2) is 5.16 Å². The predicted molar refractivity (Wildman–Crippen MR) is 84.0 cm³/mol. The summed E-state index contributed by atoms with van der Waals surface area (Å²) >= 11 is 3.22. The molecule has 0 atom stereocenters. The quantitative estimate of drug-likeness (QED) is 0.536. The first-order chi connectivity index (χ1) is 9.67. The minimum Gasteiger partial charge on any atom is -0.306 e. The summed E-state index contributed by atoms with van der Waals surface area (Å²) in [5.41, 5.74) is 1.41. The monoisotopic (exact) mass is 303 g/mol. The molecule has 4 nitrogen and oxygen atoms in total. The molecule has 0 bridgehead atoms. The van der Waals surface area contributed by atoms with Crippen molar-refractivity contribution in [2.45, 2.75) is 19.0 Å². The highest BCUT2D eigenvalue weighted by atomic mass is 32.2. The average Bonchev–Trinajstić information content (AvgIpc) is 2.95. The van der Waals surface area contributed by atoms with Crippen molar-refractivity contribution in [1.82, 2.24) is 9.97 Å². The van der Waals surface area contributed by atoms with Crippen molar-refractivity contribution in [3.8, 4) is 0 Å². The van der Waals surface area contributed by atoms with Crippen LogP contribution in [0.25, 0.3) is 11.6 Å². The van der Waals surface area contributed by atoms with Crippen LogP contribution in [-0.2, 0) is 4.79 Å². The second kappa shape index (κ2) is 5.38. The first-order valence-electron chi connectivity index (χ1n) is 6.27. The molecule has 0 spiro atoms. The zero-order chi connectivity index (χ0) is 14.1. The zero-order valence-corrected chi connectivity index (χ0v) is 12.8. The molecular formula is C14H13N3OS2. The van der Waals surface area contributed by atoms with Gasteiger partial charge in [-0.05, 0) is 30.9 Å². The van der Waals surface area contributed by atoms with E-state index in [2.05, 4.69) is 15.3 Å². The molecule has 0 saturated heterocycles. The summed E-state index contributed by atoms with van der Waals surface area (Å²) in [6.07, 6.45) is 3.62. The number of hydrogen-bond acceptors (Lipinski definition) is 5. The van der Waals surface area contributed by atoms with E-state index in [0.29, 0.717) is 16.5 Å². The Bertz CT molecular complexity index is 706. The lowest BCUT2D eigenvalue weighted by molar-refractivity contribution is -0.110. The molecule has 0 unspecified atom stereocenters. The van der Waals surface area contributed by atoms with Crippen LogP contribution in [0.15, 0.2) is 23.5 Å². The third kappa shape index (κ3) is 2.48. The molecule has 6 heteroatoms. The molecule has 2 aromatic rings. The van der Waals surface area contributed by atoms with E-state index in [4.69, 9.17) is 0 Å². The minimum atomic E-state index is -0.112. The molecule has 1 N–H and O–H groups in total. The van der Waals surface area contributed by atoms with Crippen LogP contribution < -0.4 is 5.32 Å². The van der Waals surface area contributed by atoms with Crippen molar-refractivity contribution in [2.24, 2.45) is 0 Å². The Labute approximate surface area is 125 Å². The molecule has 1 amide bonds. The SMILES string of the molecule is CCSc1ncc2c(n1)NC(=O)C2=Cc1ccc(C)s1. The van der Waals surface area contributed by atoms with Gasteiger partial charge in [-0.3, -0.25) is 4.79 Å². The number of carbonyl (C=O) groups is 1. The van der Waals surface area contributed by atoms with E-state index in [-0.39, 0.29) is 5.91 Å². The van der Waals surface area contributed by atoms with Crippen LogP contribution in [-0.4, -0.2) is 21.6 Å². The van der Waals surface area contributed by atoms with Crippen molar-refractivity contribution in [1.29, 1.82) is 0 Å². The molecule has 1 aliphatic rings. The van der Waals surface area contributed by atoms with Crippen LogP contribution in [0, 0.1) is 6.92 Å². The van der Waals surface area contributed by atoms with Gasteiger partial charge in [-0.2, -0.15) is 0 Å². The van der Waals surface area contributed by atoms with Gasteiger partial charge in [0.25, 0.3) is 5.91 Å². The second-order valence-electron chi connectivity index (χ2n) is 4.31. The normalized spacial score (nSPS) is 15.5. The first kappa shape index (κ1) is 13.3. The van der Waals surface area contributed by atoms with Crippen LogP contribution in [0.1, 0.15) is 22.2 Å². The fourth-order valence-corrected chi connectivity index (χ4v) is 3.33. The molecule has 2 aromatic heterocycles. The summed E-state index contributed by atoms with van der Waals surface area (Å²) in [5, 5.41) is 3.50. The average molecular weight is 303 g/mol. The number of nitrogens with zero attached hydrogens (tertiary/aromatic N) is 2. The van der Waals surface area contributed by atoms with Gasteiger partial charge >= 0.3 is 0 Å². The zero-order valence-electron chi connectivity index (χ0n) is 11.1.